The van der Waals surface area contributed by atoms with E-state index in [0.29, 0.717) is 0 Å². The second-order valence-electron chi connectivity index (χ2n) is 2.20. The second kappa shape index (κ2) is 2.11. The molecule has 0 atom stereocenters. The van der Waals surface area contributed by atoms with Crippen LogP contribution < -0.4 is 0 Å². The normalized spacial score (nSPS) is 26.3. The predicted octanol–water partition coefficient (Wildman–Crippen LogP) is -0.182. The van der Waals surface area contributed by atoms with Crippen molar-refractivity contribution in [3.05, 3.63) is 11.5 Å². The van der Waals surface area contributed by atoms with E-state index in [1.54, 1.807) is 18.0 Å². The standard InChI is InChI=1S/C5H9NO2S/c1-6-3-2-4-9(7,8)5-6/h2,4H,3,5H2,1H3. The third-order valence-electron chi connectivity index (χ3n) is 1.12. The maximum absolute atomic E-state index is 10.7. The molecule has 9 heavy (non-hydrogen) atoms. The largest absolute Gasteiger partial charge is 0.289 e. The minimum atomic E-state index is -2.89. The van der Waals surface area contributed by atoms with E-state index in [9.17, 15) is 8.42 Å². The maximum Gasteiger partial charge on any atom is 0.184 e. The summed E-state index contributed by atoms with van der Waals surface area (Å²) in [5.41, 5.74) is 0. The topological polar surface area (TPSA) is 37.4 Å². The van der Waals surface area contributed by atoms with Crippen LogP contribution >= 0.6 is 0 Å². The first-order valence-electron chi connectivity index (χ1n) is 2.68. The molecular weight excluding hydrogens is 138 g/mol. The number of likely N-dealkylation sites (N-methyl/N-ethyl adjacent to an activating group) is 1. The summed E-state index contributed by atoms with van der Waals surface area (Å²) in [4.78, 5) is 1.75. The van der Waals surface area contributed by atoms with Crippen molar-refractivity contribution in [2.75, 3.05) is 19.5 Å². The average Bonchev–Trinajstić information content (AvgIpc) is 1.60. The minimum Gasteiger partial charge on any atom is -0.289 e. The molecule has 0 aromatic carbocycles. The predicted molar refractivity (Wildman–Crippen MR) is 35.6 cm³/mol. The van der Waals surface area contributed by atoms with Crippen LogP contribution in [0.5, 0.6) is 0 Å². The maximum atomic E-state index is 10.7. The van der Waals surface area contributed by atoms with Gasteiger partial charge in [-0.2, -0.15) is 0 Å². The van der Waals surface area contributed by atoms with E-state index in [-0.39, 0.29) is 5.88 Å². The van der Waals surface area contributed by atoms with E-state index in [1.165, 1.54) is 5.41 Å². The molecule has 1 heterocycles. The molecule has 0 radical (unpaired) electrons. The molecule has 1 aliphatic heterocycles. The van der Waals surface area contributed by atoms with Gasteiger partial charge in [-0.3, -0.25) is 4.90 Å². The molecule has 1 rings (SSSR count). The van der Waals surface area contributed by atoms with Gasteiger partial charge in [-0.05, 0) is 7.05 Å². The Morgan fingerprint density at radius 1 is 1.56 bits per heavy atom. The molecule has 0 bridgehead atoms. The van der Waals surface area contributed by atoms with Crippen LogP contribution in [0.1, 0.15) is 0 Å². The Morgan fingerprint density at radius 3 is 2.56 bits per heavy atom. The third-order valence-corrected chi connectivity index (χ3v) is 2.53. The first-order chi connectivity index (χ1) is 4.10. The molecule has 0 saturated carbocycles. The number of sulfone groups is 1. The summed E-state index contributed by atoms with van der Waals surface area (Å²) in [6.07, 6.45) is 1.65. The number of nitrogens with zero attached hydrogens (tertiary/aromatic N) is 1. The highest BCUT2D eigenvalue weighted by Gasteiger charge is 2.12. The average molecular weight is 147 g/mol. The lowest BCUT2D eigenvalue weighted by Gasteiger charge is -2.16. The molecule has 0 aromatic rings. The van der Waals surface area contributed by atoms with Crippen LogP contribution in [0.25, 0.3) is 0 Å². The first kappa shape index (κ1) is 6.77. The van der Waals surface area contributed by atoms with Crippen molar-refractivity contribution in [3.8, 4) is 0 Å². The Bertz CT molecular complexity index is 217. The van der Waals surface area contributed by atoms with E-state index < -0.39 is 9.84 Å². The molecule has 0 amide bonds. The van der Waals surface area contributed by atoms with Gasteiger partial charge < -0.3 is 0 Å². The van der Waals surface area contributed by atoms with Gasteiger partial charge in [-0.1, -0.05) is 6.08 Å². The van der Waals surface area contributed by atoms with Crippen molar-refractivity contribution in [1.82, 2.24) is 4.90 Å². The minimum absolute atomic E-state index is 0.156. The van der Waals surface area contributed by atoms with E-state index in [0.717, 1.165) is 6.54 Å². The molecule has 1 aliphatic rings. The highest BCUT2D eigenvalue weighted by molar-refractivity contribution is 7.94. The zero-order valence-electron chi connectivity index (χ0n) is 5.24. The monoisotopic (exact) mass is 147 g/mol. The second-order valence-corrected chi connectivity index (χ2v) is 4.06. The summed E-state index contributed by atoms with van der Waals surface area (Å²) >= 11 is 0. The van der Waals surface area contributed by atoms with Gasteiger partial charge in [0.25, 0.3) is 0 Å². The Hall–Kier alpha value is -0.350. The Labute approximate surface area is 54.9 Å². The summed E-state index contributed by atoms with van der Waals surface area (Å²) < 4.78 is 21.5. The Morgan fingerprint density at radius 2 is 2.22 bits per heavy atom. The van der Waals surface area contributed by atoms with Crippen LogP contribution in [0.3, 0.4) is 0 Å². The van der Waals surface area contributed by atoms with Gasteiger partial charge in [-0.25, -0.2) is 8.42 Å². The van der Waals surface area contributed by atoms with Crippen LogP contribution in [-0.2, 0) is 9.84 Å². The Balaban J connectivity index is 2.84. The molecule has 0 N–H and O–H groups in total. The summed E-state index contributed by atoms with van der Waals surface area (Å²) in [6.45, 7) is 0.735. The fourth-order valence-corrected chi connectivity index (χ4v) is 1.96. The molecule has 3 nitrogen and oxygen atoms in total. The zero-order valence-corrected chi connectivity index (χ0v) is 6.06. The number of hydrogen-bond acceptors (Lipinski definition) is 3. The van der Waals surface area contributed by atoms with Gasteiger partial charge >= 0.3 is 0 Å². The fourth-order valence-electron chi connectivity index (χ4n) is 0.773. The van der Waals surface area contributed by atoms with Crippen molar-refractivity contribution in [2.24, 2.45) is 0 Å². The smallest absolute Gasteiger partial charge is 0.184 e. The van der Waals surface area contributed by atoms with Crippen LogP contribution in [0.4, 0.5) is 0 Å². The number of hydrogen-bond donors (Lipinski definition) is 0. The van der Waals surface area contributed by atoms with Crippen molar-refractivity contribution in [3.63, 3.8) is 0 Å². The van der Waals surface area contributed by atoms with Crippen molar-refractivity contribution < 1.29 is 8.42 Å². The van der Waals surface area contributed by atoms with Crippen LogP contribution in [0.2, 0.25) is 0 Å². The molecule has 0 spiro atoms. The fraction of sp³-hybridized carbons (Fsp3) is 0.600. The molecule has 4 heteroatoms. The van der Waals surface area contributed by atoms with Gasteiger partial charge in [0.1, 0.15) is 5.88 Å². The molecule has 0 saturated heterocycles. The lowest BCUT2D eigenvalue weighted by Crippen LogP contribution is -2.28. The highest BCUT2D eigenvalue weighted by atomic mass is 32.2. The molecule has 52 valence electrons. The molecule has 0 aromatic heterocycles. The van der Waals surface area contributed by atoms with E-state index in [2.05, 4.69) is 0 Å². The van der Waals surface area contributed by atoms with Gasteiger partial charge in [0, 0.05) is 12.0 Å². The molecular formula is C5H9NO2S. The number of rotatable bonds is 0. The summed E-state index contributed by atoms with van der Waals surface area (Å²) in [5.74, 6) is 0.156. The summed E-state index contributed by atoms with van der Waals surface area (Å²) in [5, 5.41) is 1.27. The third kappa shape index (κ3) is 1.80. The SMILES string of the molecule is CN1CC=CS(=O)(=O)C1. The lowest BCUT2D eigenvalue weighted by atomic mass is 10.6. The van der Waals surface area contributed by atoms with Crippen LogP contribution in [0.15, 0.2) is 11.5 Å². The van der Waals surface area contributed by atoms with E-state index in [4.69, 9.17) is 0 Å². The van der Waals surface area contributed by atoms with Crippen LogP contribution in [-0.4, -0.2) is 32.8 Å². The highest BCUT2D eigenvalue weighted by Crippen LogP contribution is 2.01. The first-order valence-corrected chi connectivity index (χ1v) is 4.39. The molecule has 0 aliphatic carbocycles. The van der Waals surface area contributed by atoms with Gasteiger partial charge in [0.2, 0.25) is 0 Å². The zero-order chi connectivity index (χ0) is 6.91. The molecule has 0 fully saturated rings. The van der Waals surface area contributed by atoms with E-state index in [1.807, 2.05) is 0 Å². The van der Waals surface area contributed by atoms with Crippen molar-refractivity contribution in [2.45, 2.75) is 0 Å². The van der Waals surface area contributed by atoms with Crippen molar-refractivity contribution >= 4 is 9.84 Å². The molecule has 0 unspecified atom stereocenters. The lowest BCUT2D eigenvalue weighted by molar-refractivity contribution is 0.418. The van der Waals surface area contributed by atoms with Gasteiger partial charge in [0.15, 0.2) is 9.84 Å². The Kier molecular flexibility index (Phi) is 1.59. The van der Waals surface area contributed by atoms with Crippen molar-refractivity contribution in [1.29, 1.82) is 0 Å². The summed E-state index contributed by atoms with van der Waals surface area (Å²) in [7, 11) is -1.11. The van der Waals surface area contributed by atoms with Gasteiger partial charge in [0.05, 0.1) is 0 Å². The van der Waals surface area contributed by atoms with Crippen LogP contribution in [0, 0.1) is 0 Å². The van der Waals surface area contributed by atoms with Gasteiger partial charge in [-0.15, -0.1) is 0 Å². The summed E-state index contributed by atoms with van der Waals surface area (Å²) in [6, 6.07) is 0. The van der Waals surface area contributed by atoms with E-state index >= 15 is 0 Å². The quantitative estimate of drug-likeness (QED) is 0.477.